The summed E-state index contributed by atoms with van der Waals surface area (Å²) in [4.78, 5) is 32.8. The Bertz CT molecular complexity index is 1480. The number of nitrogens with zero attached hydrogens (tertiary/aromatic N) is 3. The lowest BCUT2D eigenvalue weighted by Crippen LogP contribution is -2.33. The predicted molar refractivity (Wildman–Crippen MR) is 132 cm³/mol. The Morgan fingerprint density at radius 1 is 1.15 bits per heavy atom. The highest BCUT2D eigenvalue weighted by molar-refractivity contribution is 6.19. The van der Waals surface area contributed by atoms with E-state index in [1.165, 1.54) is 4.90 Å². The Labute approximate surface area is 200 Å². The molecule has 174 valence electrons. The van der Waals surface area contributed by atoms with Gasteiger partial charge in [-0.25, -0.2) is 9.78 Å². The first kappa shape index (κ1) is 22.0. The number of rotatable bonds is 2. The number of primary amides is 1. The van der Waals surface area contributed by atoms with Crippen LogP contribution in [0.3, 0.4) is 0 Å². The number of oxazole rings is 1. The van der Waals surface area contributed by atoms with Crippen molar-refractivity contribution in [3.63, 3.8) is 0 Å². The topological polar surface area (TPSA) is 113 Å². The minimum absolute atomic E-state index is 0. The number of alkyl halides is 1. The molecule has 6 rings (SSSR count). The third-order valence-corrected chi connectivity index (χ3v) is 6.91. The zero-order valence-electron chi connectivity index (χ0n) is 17.4. The zero-order chi connectivity index (χ0) is 22.9. The molecule has 1 aromatic heterocycles. The van der Waals surface area contributed by atoms with E-state index in [1.54, 1.807) is 23.1 Å². The summed E-state index contributed by atoms with van der Waals surface area (Å²) in [5.74, 6) is -0.124. The first-order valence-corrected chi connectivity index (χ1v) is 11.1. The molecule has 0 bridgehead atoms. The van der Waals surface area contributed by atoms with Crippen molar-refractivity contribution in [3.8, 4) is 5.75 Å². The number of carbonyl (C=O) groups excluding carboxylic acids is 2. The number of fused-ring (bicyclic) bond motifs is 6. The molecule has 0 saturated carbocycles. The third-order valence-electron chi connectivity index (χ3n) is 6.54. The van der Waals surface area contributed by atoms with Gasteiger partial charge in [0.15, 0.2) is 5.58 Å². The van der Waals surface area contributed by atoms with Crippen molar-refractivity contribution in [1.82, 2.24) is 4.98 Å². The molecule has 3 N–H and O–H groups in total. The van der Waals surface area contributed by atoms with Gasteiger partial charge in [-0.15, -0.1) is 11.6 Å². The molecule has 3 heterocycles. The number of carbonyl (C=O) groups is 2. The monoisotopic (exact) mass is 478 g/mol. The maximum absolute atomic E-state index is 13.5. The highest BCUT2D eigenvalue weighted by Crippen LogP contribution is 2.45. The lowest BCUT2D eigenvalue weighted by Gasteiger charge is -2.16. The molecular formula is C25H23ClN4O4. The van der Waals surface area contributed by atoms with Crippen LogP contribution in [0.2, 0.25) is 0 Å². The lowest BCUT2D eigenvalue weighted by molar-refractivity contribution is 0.0957. The molecule has 0 spiro atoms. The number of phenolic OH excluding ortho intramolecular Hbond substituents is 1. The summed E-state index contributed by atoms with van der Waals surface area (Å²) >= 11 is 6.28. The van der Waals surface area contributed by atoms with Crippen molar-refractivity contribution in [1.29, 1.82) is 0 Å². The molecular weight excluding hydrogens is 456 g/mol. The van der Waals surface area contributed by atoms with Gasteiger partial charge >= 0.3 is 11.9 Å². The van der Waals surface area contributed by atoms with Crippen molar-refractivity contribution in [2.24, 2.45) is 5.73 Å². The third kappa shape index (κ3) is 3.02. The van der Waals surface area contributed by atoms with Crippen LogP contribution in [0.4, 0.5) is 16.2 Å². The summed E-state index contributed by atoms with van der Waals surface area (Å²) in [6.07, 6.45) is 0.580. The Kier molecular flexibility index (Phi) is 5.13. The van der Waals surface area contributed by atoms with Crippen LogP contribution < -0.4 is 15.5 Å². The van der Waals surface area contributed by atoms with Crippen LogP contribution in [0.1, 0.15) is 35.2 Å². The van der Waals surface area contributed by atoms with Crippen LogP contribution in [0.5, 0.6) is 5.75 Å². The molecule has 0 fully saturated rings. The predicted octanol–water partition coefficient (Wildman–Crippen LogP) is 4.75. The van der Waals surface area contributed by atoms with E-state index < -0.39 is 11.9 Å². The smallest absolute Gasteiger partial charge is 0.319 e. The molecule has 9 heteroatoms. The van der Waals surface area contributed by atoms with E-state index in [9.17, 15) is 14.7 Å². The van der Waals surface area contributed by atoms with Crippen LogP contribution in [-0.2, 0) is 6.42 Å². The van der Waals surface area contributed by atoms with Gasteiger partial charge in [0.05, 0.1) is 11.4 Å². The number of amides is 3. The summed E-state index contributed by atoms with van der Waals surface area (Å²) in [7, 11) is 0. The van der Waals surface area contributed by atoms with Gasteiger partial charge in [0.25, 0.3) is 5.89 Å². The molecule has 1 atom stereocenters. The van der Waals surface area contributed by atoms with Crippen LogP contribution >= 0.6 is 11.6 Å². The fourth-order valence-electron chi connectivity index (χ4n) is 5.06. The first-order chi connectivity index (χ1) is 16.0. The van der Waals surface area contributed by atoms with Gasteiger partial charge < -0.3 is 20.2 Å². The van der Waals surface area contributed by atoms with E-state index in [-0.39, 0.29) is 25.0 Å². The van der Waals surface area contributed by atoms with Gasteiger partial charge in [0, 0.05) is 41.9 Å². The summed E-state index contributed by atoms with van der Waals surface area (Å²) in [5.41, 5.74) is 9.54. The second-order valence-corrected chi connectivity index (χ2v) is 8.62. The lowest BCUT2D eigenvalue weighted by atomic mass is 9.95. The Hall–Kier alpha value is -3.78. The minimum Gasteiger partial charge on any atom is -0.507 e. The van der Waals surface area contributed by atoms with Crippen molar-refractivity contribution < 1.29 is 19.1 Å². The fraction of sp³-hybridized carbons (Fsp3) is 0.240. The SMILES string of the molecule is C.NC(=O)N1CCc2c1ccc1oc(C(=O)N3C[C@@H](CCl)c4c3cc(O)c3ccccc43)nc21. The molecule has 0 unspecified atom stereocenters. The average molecular weight is 479 g/mol. The number of urea groups is 1. The van der Waals surface area contributed by atoms with Gasteiger partial charge in [0.2, 0.25) is 0 Å². The van der Waals surface area contributed by atoms with E-state index in [0.717, 1.165) is 21.9 Å². The normalized spacial score (nSPS) is 16.6. The van der Waals surface area contributed by atoms with Gasteiger partial charge in [-0.05, 0) is 29.5 Å². The largest absolute Gasteiger partial charge is 0.507 e. The van der Waals surface area contributed by atoms with Crippen molar-refractivity contribution in [2.75, 3.05) is 28.8 Å². The highest BCUT2D eigenvalue weighted by Gasteiger charge is 2.37. The molecule has 3 aromatic carbocycles. The standard InChI is InChI=1S/C24H19ClN4O4.CH4/c25-10-12-11-29(17-9-18(30)13-3-1-2-4-14(13)20(12)17)23(31)22-27-21-15-7-8-28(24(26)32)16(15)5-6-19(21)33-22;/h1-6,9,12,30H,7-8,10-11H2,(H2,26,32);1H4/t12-;/m1./s1. The van der Waals surface area contributed by atoms with E-state index in [1.807, 2.05) is 24.3 Å². The summed E-state index contributed by atoms with van der Waals surface area (Å²) in [6.45, 7) is 0.820. The van der Waals surface area contributed by atoms with E-state index >= 15 is 0 Å². The molecule has 0 radical (unpaired) electrons. The molecule has 0 aliphatic carbocycles. The van der Waals surface area contributed by atoms with E-state index in [0.29, 0.717) is 47.9 Å². The number of aromatic nitrogens is 1. The van der Waals surface area contributed by atoms with Crippen LogP contribution in [-0.4, -0.2) is 41.0 Å². The molecule has 2 aliphatic heterocycles. The summed E-state index contributed by atoms with van der Waals surface area (Å²) in [5, 5.41) is 12.2. The van der Waals surface area contributed by atoms with Crippen LogP contribution in [0.25, 0.3) is 21.9 Å². The number of nitrogens with two attached hydrogens (primary N) is 1. The molecule has 3 amide bonds. The van der Waals surface area contributed by atoms with E-state index in [4.69, 9.17) is 21.8 Å². The van der Waals surface area contributed by atoms with Crippen molar-refractivity contribution in [2.45, 2.75) is 19.8 Å². The molecule has 8 nitrogen and oxygen atoms in total. The van der Waals surface area contributed by atoms with Crippen molar-refractivity contribution >= 4 is 56.8 Å². The van der Waals surface area contributed by atoms with Crippen molar-refractivity contribution in [3.05, 3.63) is 59.5 Å². The maximum Gasteiger partial charge on any atom is 0.319 e. The van der Waals surface area contributed by atoms with Crippen LogP contribution in [0, 0.1) is 0 Å². The Morgan fingerprint density at radius 2 is 1.91 bits per heavy atom. The zero-order valence-corrected chi connectivity index (χ0v) is 18.2. The summed E-state index contributed by atoms with van der Waals surface area (Å²) < 4.78 is 5.83. The second-order valence-electron chi connectivity index (χ2n) is 8.31. The Balaban J connectivity index is 0.00000241. The average Bonchev–Trinajstić information content (AvgIpc) is 3.52. The number of hydrogen-bond donors (Lipinski definition) is 2. The number of benzene rings is 3. The quantitative estimate of drug-likeness (QED) is 0.404. The highest BCUT2D eigenvalue weighted by atomic mass is 35.5. The number of halogens is 1. The minimum atomic E-state index is -0.527. The fourth-order valence-corrected chi connectivity index (χ4v) is 5.31. The molecule has 4 aromatic rings. The maximum atomic E-state index is 13.5. The molecule has 0 saturated heterocycles. The van der Waals surface area contributed by atoms with Gasteiger partial charge in [-0.3, -0.25) is 9.69 Å². The molecule has 34 heavy (non-hydrogen) atoms. The van der Waals surface area contributed by atoms with Gasteiger partial charge in [0.1, 0.15) is 11.3 Å². The number of anilines is 2. The summed E-state index contributed by atoms with van der Waals surface area (Å²) in [6, 6.07) is 12.1. The first-order valence-electron chi connectivity index (χ1n) is 10.6. The number of aromatic hydroxyl groups is 1. The Morgan fingerprint density at radius 3 is 2.65 bits per heavy atom. The van der Waals surface area contributed by atoms with Gasteiger partial charge in [-0.1, -0.05) is 31.7 Å². The second kappa shape index (κ2) is 7.92. The number of phenols is 1. The number of hydrogen-bond acceptors (Lipinski definition) is 5. The van der Waals surface area contributed by atoms with Gasteiger partial charge in [-0.2, -0.15) is 0 Å². The molecule has 2 aliphatic rings. The van der Waals surface area contributed by atoms with E-state index in [2.05, 4.69) is 4.98 Å². The van der Waals surface area contributed by atoms with Crippen LogP contribution in [0.15, 0.2) is 46.9 Å².